The van der Waals surface area contributed by atoms with Crippen molar-refractivity contribution in [2.75, 3.05) is 25.3 Å². The van der Waals surface area contributed by atoms with E-state index in [9.17, 15) is 13.2 Å². The van der Waals surface area contributed by atoms with Gasteiger partial charge in [0.1, 0.15) is 0 Å². The molecule has 0 fully saturated rings. The molecular weight excluding hydrogens is 470 g/mol. The van der Waals surface area contributed by atoms with Gasteiger partial charge < -0.3 is 18.9 Å². The summed E-state index contributed by atoms with van der Waals surface area (Å²) in [6.45, 7) is 3.63. The first kappa shape index (κ1) is 22.8. The van der Waals surface area contributed by atoms with Crippen LogP contribution >= 0.6 is 0 Å². The smallest absolute Gasteiger partial charge is 0.356 e. The lowest BCUT2D eigenvalue weighted by molar-refractivity contribution is -0.136. The van der Waals surface area contributed by atoms with Crippen LogP contribution in [0.25, 0.3) is 5.57 Å². The van der Waals surface area contributed by atoms with Crippen LogP contribution in [-0.2, 0) is 19.6 Å². The molecule has 0 saturated heterocycles. The van der Waals surface area contributed by atoms with E-state index in [1.807, 2.05) is 6.07 Å². The normalized spacial score (nSPS) is 15.6. The first-order valence-electron chi connectivity index (χ1n) is 10.8. The predicted octanol–water partition coefficient (Wildman–Crippen LogP) is 4.18. The summed E-state index contributed by atoms with van der Waals surface area (Å²) < 4.78 is 51.0. The maximum atomic E-state index is 14.0. The van der Waals surface area contributed by atoms with Crippen molar-refractivity contribution in [2.24, 2.45) is 0 Å². The molecule has 0 radical (unpaired) electrons. The van der Waals surface area contributed by atoms with E-state index in [1.165, 1.54) is 20.3 Å². The molecule has 0 aromatic heterocycles. The summed E-state index contributed by atoms with van der Waals surface area (Å²) in [5, 5.41) is 0. The molecule has 0 atom stereocenters. The van der Waals surface area contributed by atoms with E-state index in [0.717, 1.165) is 4.31 Å². The molecule has 3 aromatic carbocycles. The Hall–Kier alpha value is -3.98. The first-order valence-corrected chi connectivity index (χ1v) is 12.2. The molecule has 2 aliphatic rings. The zero-order chi connectivity index (χ0) is 24.9. The average molecular weight is 494 g/mol. The lowest BCUT2D eigenvalue weighted by Crippen LogP contribution is -2.39. The van der Waals surface area contributed by atoms with Crippen molar-refractivity contribution in [3.63, 3.8) is 0 Å². The Morgan fingerprint density at radius 2 is 1.69 bits per heavy atom. The Bertz CT molecular complexity index is 1490. The number of para-hydroxylation sites is 1. The van der Waals surface area contributed by atoms with Crippen LogP contribution in [-0.4, -0.2) is 35.4 Å². The molecule has 0 amide bonds. The van der Waals surface area contributed by atoms with Crippen molar-refractivity contribution in [2.45, 2.75) is 18.7 Å². The quantitative estimate of drug-likeness (QED) is 0.504. The van der Waals surface area contributed by atoms with Gasteiger partial charge in [-0.1, -0.05) is 36.4 Å². The first-order chi connectivity index (χ1) is 16.8. The number of ether oxygens (including phenoxy) is 4. The number of aryl methyl sites for hydroxylation is 2. The number of carbonyl (C=O) groups excluding carboxylic acids is 1. The fourth-order valence-electron chi connectivity index (χ4n) is 4.55. The summed E-state index contributed by atoms with van der Waals surface area (Å²) >= 11 is 0. The lowest BCUT2D eigenvalue weighted by Gasteiger charge is -2.34. The highest BCUT2D eigenvalue weighted by Crippen LogP contribution is 2.49. The van der Waals surface area contributed by atoms with Crippen LogP contribution in [0.3, 0.4) is 0 Å². The summed E-state index contributed by atoms with van der Waals surface area (Å²) in [6, 6.07) is 15.4. The van der Waals surface area contributed by atoms with Crippen LogP contribution < -0.4 is 18.5 Å². The molecule has 9 heteroatoms. The van der Waals surface area contributed by atoms with Crippen molar-refractivity contribution < 1.29 is 32.2 Å². The van der Waals surface area contributed by atoms with Gasteiger partial charge in [0.25, 0.3) is 10.0 Å². The van der Waals surface area contributed by atoms with Crippen molar-refractivity contribution in [1.29, 1.82) is 0 Å². The number of carbonyl (C=O) groups is 1. The van der Waals surface area contributed by atoms with Crippen LogP contribution in [0.15, 0.2) is 65.2 Å². The Morgan fingerprint density at radius 1 is 0.971 bits per heavy atom. The second kappa shape index (κ2) is 8.35. The number of fused-ring (bicyclic) bond motifs is 2. The predicted molar refractivity (Wildman–Crippen MR) is 129 cm³/mol. The molecule has 3 aromatic rings. The number of rotatable bonds is 4. The van der Waals surface area contributed by atoms with Gasteiger partial charge in [-0.15, -0.1) is 0 Å². The number of methoxy groups -OCH3 is 2. The van der Waals surface area contributed by atoms with E-state index < -0.39 is 16.0 Å². The van der Waals surface area contributed by atoms with E-state index in [2.05, 4.69) is 0 Å². The van der Waals surface area contributed by atoms with E-state index in [4.69, 9.17) is 18.9 Å². The van der Waals surface area contributed by atoms with Crippen LogP contribution in [0, 0.1) is 13.8 Å². The van der Waals surface area contributed by atoms with Crippen molar-refractivity contribution in [1.82, 2.24) is 0 Å². The topological polar surface area (TPSA) is 91.4 Å². The summed E-state index contributed by atoms with van der Waals surface area (Å²) in [7, 11) is -1.44. The number of anilines is 1. The fourth-order valence-corrected chi connectivity index (χ4v) is 6.38. The number of hydrogen-bond acceptors (Lipinski definition) is 7. The van der Waals surface area contributed by atoms with Gasteiger partial charge in [0.15, 0.2) is 17.2 Å². The van der Waals surface area contributed by atoms with Crippen LogP contribution in [0.5, 0.6) is 17.2 Å². The average Bonchev–Trinajstić information content (AvgIpc) is 3.32. The lowest BCUT2D eigenvalue weighted by atomic mass is 9.94. The van der Waals surface area contributed by atoms with E-state index >= 15 is 0 Å². The molecule has 0 bridgehead atoms. The molecule has 0 spiro atoms. The van der Waals surface area contributed by atoms with Gasteiger partial charge in [-0.05, 0) is 48.7 Å². The van der Waals surface area contributed by atoms with Crippen LogP contribution in [0.2, 0.25) is 0 Å². The molecule has 180 valence electrons. The Morgan fingerprint density at radius 3 is 2.37 bits per heavy atom. The SMILES string of the molecule is COC(=O)C1=C(c2cc(OC)c3c(c2)OCO3)c2ccccc2S(=O)(=O)N1c1c(C)cccc1C. The molecule has 35 heavy (non-hydrogen) atoms. The Labute approximate surface area is 203 Å². The van der Waals surface area contributed by atoms with Gasteiger partial charge in [-0.3, -0.25) is 0 Å². The fraction of sp³-hybridized carbons (Fsp3) is 0.192. The molecule has 8 nitrogen and oxygen atoms in total. The number of nitrogens with zero attached hydrogens (tertiary/aromatic N) is 1. The second-order valence-electron chi connectivity index (χ2n) is 8.13. The summed E-state index contributed by atoms with van der Waals surface area (Å²) in [4.78, 5) is 13.4. The molecule has 0 N–H and O–H groups in total. The van der Waals surface area contributed by atoms with Gasteiger partial charge in [-0.25, -0.2) is 17.5 Å². The maximum Gasteiger partial charge on any atom is 0.356 e. The van der Waals surface area contributed by atoms with Gasteiger partial charge in [-0.2, -0.15) is 0 Å². The highest BCUT2D eigenvalue weighted by Gasteiger charge is 2.43. The minimum Gasteiger partial charge on any atom is -0.493 e. The van der Waals surface area contributed by atoms with Crippen molar-refractivity contribution in [3.05, 3.63) is 82.5 Å². The van der Waals surface area contributed by atoms with Crippen molar-refractivity contribution in [3.8, 4) is 17.2 Å². The minimum absolute atomic E-state index is 0.0253. The number of sulfonamides is 1. The number of benzene rings is 3. The van der Waals surface area contributed by atoms with E-state index in [0.29, 0.717) is 50.8 Å². The van der Waals surface area contributed by atoms with Crippen LogP contribution in [0.1, 0.15) is 22.3 Å². The number of esters is 1. The van der Waals surface area contributed by atoms with E-state index in [1.54, 1.807) is 56.3 Å². The standard InChI is InChI=1S/C26H23NO7S/c1-15-8-7-9-16(2)23(15)27-24(26(28)32-4)22(18-10-5-6-11-21(18)35(27,29)30)17-12-19(31-3)25-20(13-17)33-14-34-25/h5-13H,14H2,1-4H3. The minimum atomic E-state index is -4.17. The third-order valence-electron chi connectivity index (χ3n) is 6.08. The summed E-state index contributed by atoms with van der Waals surface area (Å²) in [5.41, 5.74) is 2.93. The van der Waals surface area contributed by atoms with Gasteiger partial charge >= 0.3 is 5.97 Å². The van der Waals surface area contributed by atoms with Gasteiger partial charge in [0.05, 0.1) is 24.8 Å². The zero-order valence-electron chi connectivity index (χ0n) is 19.6. The van der Waals surface area contributed by atoms with Crippen molar-refractivity contribution >= 4 is 27.3 Å². The van der Waals surface area contributed by atoms with Gasteiger partial charge in [0.2, 0.25) is 12.5 Å². The molecule has 5 rings (SSSR count). The number of hydrogen-bond donors (Lipinski definition) is 0. The van der Waals surface area contributed by atoms with Crippen LogP contribution in [0.4, 0.5) is 5.69 Å². The Kier molecular flexibility index (Phi) is 5.44. The molecule has 2 heterocycles. The highest BCUT2D eigenvalue weighted by atomic mass is 32.2. The third kappa shape index (κ3) is 3.42. The van der Waals surface area contributed by atoms with Gasteiger partial charge in [0, 0.05) is 11.1 Å². The molecule has 0 aliphatic carbocycles. The monoisotopic (exact) mass is 493 g/mol. The highest BCUT2D eigenvalue weighted by molar-refractivity contribution is 7.93. The molecular formula is C26H23NO7S. The largest absolute Gasteiger partial charge is 0.493 e. The Balaban J connectivity index is 1.94. The zero-order valence-corrected chi connectivity index (χ0v) is 20.4. The summed E-state index contributed by atoms with van der Waals surface area (Å²) in [6.07, 6.45) is 0. The molecule has 0 saturated carbocycles. The van der Waals surface area contributed by atoms with E-state index in [-0.39, 0.29) is 17.4 Å². The molecule has 2 aliphatic heterocycles. The third-order valence-corrected chi connectivity index (χ3v) is 7.84. The molecule has 0 unspecified atom stereocenters. The second-order valence-corrected chi connectivity index (χ2v) is 9.89. The summed E-state index contributed by atoms with van der Waals surface area (Å²) in [5.74, 6) is 0.481. The maximum absolute atomic E-state index is 14.0.